The van der Waals surface area contributed by atoms with Crippen LogP contribution in [0.1, 0.15) is 21.5 Å². The van der Waals surface area contributed by atoms with Crippen LogP contribution in [0, 0.1) is 13.8 Å². The van der Waals surface area contributed by atoms with Crippen molar-refractivity contribution in [1.82, 2.24) is 9.62 Å². The number of nitrogens with one attached hydrogen (secondary N) is 1. The average molecular weight is 371 g/mol. The third-order valence-corrected chi connectivity index (χ3v) is 6.71. The Morgan fingerprint density at radius 2 is 2.00 bits per heavy atom. The third kappa shape index (κ3) is 3.57. The quantitative estimate of drug-likeness (QED) is 0.789. The van der Waals surface area contributed by atoms with Gasteiger partial charge in [-0.1, -0.05) is 0 Å². The van der Waals surface area contributed by atoms with Gasteiger partial charge in [0.15, 0.2) is 0 Å². The smallest absolute Gasteiger partial charge is 0.254 e. The largest absolute Gasteiger partial charge is 0.368 e. The molecule has 1 unspecified atom stereocenters. The number of hydrogen-bond donors (Lipinski definition) is 2. The molecule has 0 bridgehead atoms. The maximum atomic E-state index is 12.8. The fraction of sp³-hybridized carbons (Fsp3) is 0.467. The van der Waals surface area contributed by atoms with Gasteiger partial charge in [-0.2, -0.15) is 11.8 Å². The summed E-state index contributed by atoms with van der Waals surface area (Å²) in [4.78, 5) is 25.9. The van der Waals surface area contributed by atoms with Crippen LogP contribution in [0.4, 0.5) is 0 Å². The first-order valence-corrected chi connectivity index (χ1v) is 10.1. The molecule has 132 valence electrons. The van der Waals surface area contributed by atoms with Gasteiger partial charge in [0.25, 0.3) is 5.91 Å². The van der Waals surface area contributed by atoms with E-state index in [0.717, 1.165) is 0 Å². The van der Waals surface area contributed by atoms with Gasteiger partial charge < -0.3 is 10.6 Å². The second kappa shape index (κ2) is 7.12. The number of carbonyl (C=O) groups excluding carboxylic acids is 2. The molecule has 24 heavy (non-hydrogen) atoms. The van der Waals surface area contributed by atoms with Gasteiger partial charge in [-0.15, -0.1) is 0 Å². The first-order chi connectivity index (χ1) is 11.2. The van der Waals surface area contributed by atoms with E-state index in [1.807, 2.05) is 0 Å². The van der Waals surface area contributed by atoms with Crippen LogP contribution >= 0.6 is 11.8 Å². The van der Waals surface area contributed by atoms with Crippen LogP contribution in [-0.2, 0) is 14.8 Å². The maximum absolute atomic E-state index is 12.8. The van der Waals surface area contributed by atoms with E-state index in [4.69, 9.17) is 5.73 Å². The molecule has 2 rings (SSSR count). The molecule has 2 amide bonds. The Bertz CT molecular complexity index is 777. The third-order valence-electron chi connectivity index (χ3n) is 4.14. The van der Waals surface area contributed by atoms with Crippen LogP contribution in [0.5, 0.6) is 0 Å². The zero-order chi connectivity index (χ0) is 18.1. The number of nitrogens with two attached hydrogens (primary N) is 1. The molecule has 0 saturated carbocycles. The number of rotatable bonds is 4. The zero-order valence-electron chi connectivity index (χ0n) is 13.8. The predicted octanol–water partition coefficient (Wildman–Crippen LogP) is 0.254. The Morgan fingerprint density at radius 3 is 2.58 bits per heavy atom. The first-order valence-electron chi connectivity index (χ1n) is 7.42. The van der Waals surface area contributed by atoms with E-state index in [2.05, 4.69) is 4.72 Å². The lowest BCUT2D eigenvalue weighted by Crippen LogP contribution is -2.52. The van der Waals surface area contributed by atoms with Gasteiger partial charge in [0.05, 0.1) is 4.90 Å². The monoisotopic (exact) mass is 371 g/mol. The molecular formula is C15H21N3O4S2. The van der Waals surface area contributed by atoms with Crippen molar-refractivity contribution >= 4 is 33.6 Å². The standard InChI is InChI=1S/C15H21N3O4S2/c1-9-6-11(7-13(10(9)2)24(21,22)17-3)15(20)18-4-5-23-8-12(18)14(16)19/h6-7,12,17H,4-5,8H2,1-3H3,(H2,16,19). The van der Waals surface area contributed by atoms with E-state index >= 15 is 0 Å². The highest BCUT2D eigenvalue weighted by atomic mass is 32.2. The van der Waals surface area contributed by atoms with Crippen LogP contribution in [-0.4, -0.2) is 56.3 Å². The fourth-order valence-electron chi connectivity index (χ4n) is 2.59. The number of primary amides is 1. The van der Waals surface area contributed by atoms with E-state index < -0.39 is 22.0 Å². The Morgan fingerprint density at radius 1 is 1.33 bits per heavy atom. The second-order valence-corrected chi connectivity index (χ2v) is 8.62. The van der Waals surface area contributed by atoms with Gasteiger partial charge in [-0.05, 0) is 44.2 Å². The van der Waals surface area contributed by atoms with E-state index in [1.54, 1.807) is 31.7 Å². The molecule has 7 nitrogen and oxygen atoms in total. The van der Waals surface area contributed by atoms with Gasteiger partial charge in [-0.3, -0.25) is 9.59 Å². The summed E-state index contributed by atoms with van der Waals surface area (Å²) in [6.45, 7) is 3.84. The van der Waals surface area contributed by atoms with E-state index in [9.17, 15) is 18.0 Å². The molecule has 9 heteroatoms. The number of amides is 2. The minimum atomic E-state index is -3.68. The highest BCUT2D eigenvalue weighted by Crippen LogP contribution is 2.24. The molecule has 0 aliphatic carbocycles. The molecule has 1 aromatic rings. The molecule has 1 atom stereocenters. The minimum Gasteiger partial charge on any atom is -0.368 e. The van der Waals surface area contributed by atoms with Crippen molar-refractivity contribution in [2.45, 2.75) is 24.8 Å². The Kier molecular flexibility index (Phi) is 5.56. The number of benzene rings is 1. The van der Waals surface area contributed by atoms with Crippen molar-refractivity contribution in [3.63, 3.8) is 0 Å². The number of sulfonamides is 1. The molecule has 0 spiro atoms. The summed E-state index contributed by atoms with van der Waals surface area (Å²) in [6, 6.07) is 2.32. The van der Waals surface area contributed by atoms with Crippen LogP contribution < -0.4 is 10.5 Å². The Hall–Kier alpha value is -1.58. The number of carbonyl (C=O) groups is 2. The van der Waals surface area contributed by atoms with Crippen molar-refractivity contribution < 1.29 is 18.0 Å². The molecule has 1 aliphatic rings. The van der Waals surface area contributed by atoms with Crippen LogP contribution in [0.2, 0.25) is 0 Å². The lowest BCUT2D eigenvalue weighted by atomic mass is 10.0. The van der Waals surface area contributed by atoms with Gasteiger partial charge in [0, 0.05) is 23.6 Å². The molecular weight excluding hydrogens is 350 g/mol. The number of nitrogens with zero attached hydrogens (tertiary/aromatic N) is 1. The van der Waals surface area contributed by atoms with Gasteiger partial charge in [-0.25, -0.2) is 13.1 Å². The molecule has 1 fully saturated rings. The normalized spacial score (nSPS) is 18.5. The van der Waals surface area contributed by atoms with Gasteiger partial charge >= 0.3 is 0 Å². The average Bonchev–Trinajstić information content (AvgIpc) is 2.56. The SMILES string of the molecule is CNS(=O)(=O)c1cc(C(=O)N2CCSCC2C(N)=O)cc(C)c1C. The zero-order valence-corrected chi connectivity index (χ0v) is 15.5. The maximum Gasteiger partial charge on any atom is 0.254 e. The van der Waals surface area contributed by atoms with E-state index in [-0.39, 0.29) is 16.4 Å². The first kappa shape index (κ1) is 18.8. The summed E-state index contributed by atoms with van der Waals surface area (Å²) in [5.41, 5.74) is 6.91. The molecule has 1 aliphatic heterocycles. The summed E-state index contributed by atoms with van der Waals surface area (Å²) in [5, 5.41) is 0. The second-order valence-electron chi connectivity index (χ2n) is 5.62. The van der Waals surface area contributed by atoms with Gasteiger partial charge in [0.2, 0.25) is 15.9 Å². The molecule has 3 N–H and O–H groups in total. The molecule has 1 aromatic carbocycles. The summed E-state index contributed by atoms with van der Waals surface area (Å²) < 4.78 is 26.6. The lowest BCUT2D eigenvalue weighted by Gasteiger charge is -2.33. The summed E-state index contributed by atoms with van der Waals surface area (Å²) in [7, 11) is -2.36. The topological polar surface area (TPSA) is 110 Å². The minimum absolute atomic E-state index is 0.0651. The predicted molar refractivity (Wildman–Crippen MR) is 93.5 cm³/mol. The van der Waals surface area contributed by atoms with Crippen molar-refractivity contribution in [2.24, 2.45) is 5.73 Å². The number of hydrogen-bond acceptors (Lipinski definition) is 5. The Balaban J connectivity index is 2.48. The van der Waals surface area contributed by atoms with E-state index in [0.29, 0.717) is 29.2 Å². The lowest BCUT2D eigenvalue weighted by molar-refractivity contribution is -0.121. The van der Waals surface area contributed by atoms with E-state index in [1.165, 1.54) is 18.0 Å². The summed E-state index contributed by atoms with van der Waals surface area (Å²) in [5.74, 6) is 0.229. The van der Waals surface area contributed by atoms with Gasteiger partial charge in [0.1, 0.15) is 6.04 Å². The summed E-state index contributed by atoms with van der Waals surface area (Å²) in [6.07, 6.45) is 0. The highest BCUT2D eigenvalue weighted by Gasteiger charge is 2.32. The van der Waals surface area contributed by atoms with Crippen molar-refractivity contribution in [2.75, 3.05) is 25.1 Å². The van der Waals surface area contributed by atoms with Crippen LogP contribution in [0.3, 0.4) is 0 Å². The number of aryl methyl sites for hydroxylation is 1. The highest BCUT2D eigenvalue weighted by molar-refractivity contribution is 7.99. The fourth-order valence-corrected chi connectivity index (χ4v) is 4.71. The molecule has 1 saturated heterocycles. The van der Waals surface area contributed by atoms with Crippen molar-refractivity contribution in [3.05, 3.63) is 28.8 Å². The van der Waals surface area contributed by atoms with Crippen LogP contribution in [0.25, 0.3) is 0 Å². The van der Waals surface area contributed by atoms with Crippen LogP contribution in [0.15, 0.2) is 17.0 Å². The van der Waals surface area contributed by atoms with Crippen molar-refractivity contribution in [1.29, 1.82) is 0 Å². The molecule has 0 aromatic heterocycles. The number of thioether (sulfide) groups is 1. The molecule has 0 radical (unpaired) electrons. The van der Waals surface area contributed by atoms with Crippen molar-refractivity contribution in [3.8, 4) is 0 Å². The summed E-state index contributed by atoms with van der Waals surface area (Å²) >= 11 is 1.56. The Labute approximate surface area is 146 Å². The molecule has 1 heterocycles.